The predicted octanol–water partition coefficient (Wildman–Crippen LogP) is 4.49. The molecule has 2 aliphatic heterocycles. The van der Waals surface area contributed by atoms with Crippen LogP contribution in [0.5, 0.6) is 17.2 Å². The predicted molar refractivity (Wildman–Crippen MR) is 149 cm³/mol. The third-order valence-electron chi connectivity index (χ3n) is 7.68. The van der Waals surface area contributed by atoms with Gasteiger partial charge in [-0.3, -0.25) is 9.69 Å². The number of methoxy groups -OCH3 is 1. The number of rotatable bonds is 13. The summed E-state index contributed by atoms with van der Waals surface area (Å²) in [4.78, 5) is 14.8. The summed E-state index contributed by atoms with van der Waals surface area (Å²) in [6, 6.07) is 9.22. The molecule has 220 valence electrons. The highest BCUT2D eigenvalue weighted by Crippen LogP contribution is 2.48. The SMILES string of the molecule is CCCN(CCN1C[C@H](c2ccc3c(c2)OCO3)[C@H](C(=O)O)[C@H]1c1ccc(OC)c(F)c1)S(=O)(=O)CCC(C)C. The maximum absolute atomic E-state index is 14.8. The first-order chi connectivity index (χ1) is 19.1. The van der Waals surface area contributed by atoms with E-state index in [2.05, 4.69) is 0 Å². The summed E-state index contributed by atoms with van der Waals surface area (Å²) < 4.78 is 58.8. The van der Waals surface area contributed by atoms with Crippen LogP contribution in [-0.4, -0.2) is 74.5 Å². The Morgan fingerprint density at radius 1 is 1.15 bits per heavy atom. The van der Waals surface area contributed by atoms with Crippen LogP contribution in [0.1, 0.15) is 56.7 Å². The minimum Gasteiger partial charge on any atom is -0.494 e. The van der Waals surface area contributed by atoms with Crippen LogP contribution in [0.25, 0.3) is 0 Å². The van der Waals surface area contributed by atoms with E-state index in [0.29, 0.717) is 49.5 Å². The van der Waals surface area contributed by atoms with Crippen molar-refractivity contribution in [2.45, 2.75) is 45.6 Å². The molecule has 1 N–H and O–H groups in total. The van der Waals surface area contributed by atoms with Gasteiger partial charge in [0.05, 0.1) is 18.8 Å². The van der Waals surface area contributed by atoms with Crippen LogP contribution in [0.3, 0.4) is 0 Å². The number of fused-ring (bicyclic) bond motifs is 1. The highest BCUT2D eigenvalue weighted by atomic mass is 32.2. The second kappa shape index (κ2) is 12.7. The Labute approximate surface area is 235 Å². The molecule has 4 rings (SSSR count). The molecule has 0 amide bonds. The number of hydrogen-bond acceptors (Lipinski definition) is 7. The van der Waals surface area contributed by atoms with Crippen LogP contribution in [0.4, 0.5) is 4.39 Å². The summed E-state index contributed by atoms with van der Waals surface area (Å²) in [6.07, 6.45) is 1.22. The largest absolute Gasteiger partial charge is 0.494 e. The first-order valence-electron chi connectivity index (χ1n) is 13.7. The molecular weight excluding hydrogens is 539 g/mol. The zero-order valence-electron chi connectivity index (χ0n) is 23.5. The van der Waals surface area contributed by atoms with Crippen molar-refractivity contribution in [3.63, 3.8) is 0 Å². The molecule has 40 heavy (non-hydrogen) atoms. The summed E-state index contributed by atoms with van der Waals surface area (Å²) in [5.41, 5.74) is 1.27. The van der Waals surface area contributed by atoms with Gasteiger partial charge in [0.2, 0.25) is 16.8 Å². The molecule has 3 atom stereocenters. The Morgan fingerprint density at radius 2 is 1.88 bits per heavy atom. The first-order valence-corrected chi connectivity index (χ1v) is 15.3. The Balaban J connectivity index is 1.68. The maximum atomic E-state index is 14.8. The van der Waals surface area contributed by atoms with Crippen molar-refractivity contribution in [2.75, 3.05) is 45.8 Å². The number of carbonyl (C=O) groups is 1. The van der Waals surface area contributed by atoms with E-state index in [1.807, 2.05) is 31.7 Å². The van der Waals surface area contributed by atoms with Gasteiger partial charge in [0, 0.05) is 38.1 Å². The second-order valence-corrected chi connectivity index (χ2v) is 12.9. The molecule has 2 aromatic rings. The molecule has 0 radical (unpaired) electrons. The molecular formula is C29H39FN2O7S. The Kier molecular flexibility index (Phi) is 9.58. The Hall–Kier alpha value is -2.89. The molecule has 2 aromatic carbocycles. The van der Waals surface area contributed by atoms with Crippen molar-refractivity contribution in [3.05, 3.63) is 53.3 Å². The molecule has 0 aromatic heterocycles. The smallest absolute Gasteiger partial charge is 0.309 e. The zero-order valence-corrected chi connectivity index (χ0v) is 24.3. The van der Waals surface area contributed by atoms with Crippen molar-refractivity contribution in [1.29, 1.82) is 0 Å². The van der Waals surface area contributed by atoms with Crippen molar-refractivity contribution < 1.29 is 36.9 Å². The fourth-order valence-corrected chi connectivity index (χ4v) is 7.45. The van der Waals surface area contributed by atoms with E-state index in [-0.39, 0.29) is 30.8 Å². The Morgan fingerprint density at radius 3 is 2.52 bits per heavy atom. The number of halogens is 1. The second-order valence-electron chi connectivity index (χ2n) is 10.8. The monoisotopic (exact) mass is 578 g/mol. The third-order valence-corrected chi connectivity index (χ3v) is 9.59. The third kappa shape index (κ3) is 6.53. The van der Waals surface area contributed by atoms with Crippen LogP contribution >= 0.6 is 0 Å². The summed E-state index contributed by atoms with van der Waals surface area (Å²) >= 11 is 0. The number of aliphatic carboxylic acids is 1. The maximum Gasteiger partial charge on any atom is 0.309 e. The van der Waals surface area contributed by atoms with E-state index in [1.165, 1.54) is 23.5 Å². The van der Waals surface area contributed by atoms with Gasteiger partial charge in [0.15, 0.2) is 23.1 Å². The normalized spacial score (nSPS) is 20.9. The van der Waals surface area contributed by atoms with Crippen LogP contribution in [0.2, 0.25) is 0 Å². The van der Waals surface area contributed by atoms with Crippen LogP contribution in [-0.2, 0) is 14.8 Å². The molecule has 0 unspecified atom stereocenters. The van der Waals surface area contributed by atoms with E-state index in [4.69, 9.17) is 14.2 Å². The van der Waals surface area contributed by atoms with Crippen LogP contribution in [0, 0.1) is 17.7 Å². The molecule has 0 aliphatic carbocycles. The molecule has 9 nitrogen and oxygen atoms in total. The minimum absolute atomic E-state index is 0.0648. The number of sulfonamides is 1. The van der Waals surface area contributed by atoms with Gasteiger partial charge in [-0.2, -0.15) is 0 Å². The average molecular weight is 579 g/mol. The van der Waals surface area contributed by atoms with E-state index >= 15 is 0 Å². The molecule has 2 heterocycles. The summed E-state index contributed by atoms with van der Waals surface area (Å²) in [5.74, 6) is -1.41. The number of benzene rings is 2. The quantitative estimate of drug-likeness (QED) is 0.371. The number of carboxylic acids is 1. The van der Waals surface area contributed by atoms with Gasteiger partial charge in [0.1, 0.15) is 0 Å². The summed E-state index contributed by atoms with van der Waals surface area (Å²) in [5, 5.41) is 10.5. The number of hydrogen-bond donors (Lipinski definition) is 1. The molecule has 0 spiro atoms. The molecule has 1 fully saturated rings. The van der Waals surface area contributed by atoms with E-state index < -0.39 is 39.7 Å². The highest BCUT2D eigenvalue weighted by Gasteiger charge is 2.48. The van der Waals surface area contributed by atoms with E-state index in [1.54, 1.807) is 18.2 Å². The molecule has 1 saturated heterocycles. The fourth-order valence-electron chi connectivity index (χ4n) is 5.60. The summed E-state index contributed by atoms with van der Waals surface area (Å²) in [7, 11) is -2.12. The van der Waals surface area contributed by atoms with Crippen molar-refractivity contribution in [2.24, 2.45) is 11.8 Å². The van der Waals surface area contributed by atoms with E-state index in [9.17, 15) is 22.7 Å². The molecule has 0 saturated carbocycles. The lowest BCUT2D eigenvalue weighted by atomic mass is 9.82. The minimum atomic E-state index is -3.49. The lowest BCUT2D eigenvalue weighted by Crippen LogP contribution is -2.41. The van der Waals surface area contributed by atoms with Crippen LogP contribution in [0.15, 0.2) is 36.4 Å². The topological polar surface area (TPSA) is 106 Å². The average Bonchev–Trinajstić information content (AvgIpc) is 3.54. The Bertz CT molecular complexity index is 1300. The highest BCUT2D eigenvalue weighted by molar-refractivity contribution is 7.89. The number of nitrogens with zero attached hydrogens (tertiary/aromatic N) is 2. The van der Waals surface area contributed by atoms with E-state index in [0.717, 1.165) is 5.56 Å². The van der Waals surface area contributed by atoms with Gasteiger partial charge in [0.25, 0.3) is 0 Å². The molecule has 11 heteroatoms. The van der Waals surface area contributed by atoms with Crippen LogP contribution < -0.4 is 14.2 Å². The van der Waals surface area contributed by atoms with Crippen molar-refractivity contribution in [3.8, 4) is 17.2 Å². The van der Waals surface area contributed by atoms with Gasteiger partial charge in [-0.25, -0.2) is 17.1 Å². The number of carboxylic acid groups (broad SMARTS) is 1. The van der Waals surface area contributed by atoms with Gasteiger partial charge in [-0.1, -0.05) is 32.9 Å². The first kappa shape index (κ1) is 30.1. The molecule has 0 bridgehead atoms. The number of ether oxygens (including phenoxy) is 3. The molecule has 2 aliphatic rings. The number of likely N-dealkylation sites (tertiary alicyclic amines) is 1. The summed E-state index contributed by atoms with van der Waals surface area (Å²) in [6.45, 7) is 7.25. The fraction of sp³-hybridized carbons (Fsp3) is 0.552. The van der Waals surface area contributed by atoms with Crippen molar-refractivity contribution in [1.82, 2.24) is 9.21 Å². The lowest BCUT2D eigenvalue weighted by molar-refractivity contribution is -0.143. The van der Waals surface area contributed by atoms with Gasteiger partial charge in [-0.15, -0.1) is 0 Å². The van der Waals surface area contributed by atoms with Gasteiger partial charge >= 0.3 is 5.97 Å². The zero-order chi connectivity index (χ0) is 29.0. The van der Waals surface area contributed by atoms with Crippen molar-refractivity contribution >= 4 is 16.0 Å². The lowest BCUT2D eigenvalue weighted by Gasteiger charge is -2.30. The van der Waals surface area contributed by atoms with Gasteiger partial charge in [-0.05, 0) is 54.2 Å². The standard InChI is InChI=1S/C29H39FN2O7S/c1-5-11-32(40(35,36)14-10-19(2)3)13-12-31-17-22(20-6-9-25-26(16-20)39-18-38-25)27(29(33)34)28(31)21-7-8-24(37-4)23(30)15-21/h6-9,15-16,19,22,27-28H,5,10-14,17-18H2,1-4H3,(H,33,34)/t22-,27+,28-/m1/s1. The van der Waals surface area contributed by atoms with Gasteiger partial charge < -0.3 is 19.3 Å².